The quantitative estimate of drug-likeness (QED) is 0.0737. The predicted molar refractivity (Wildman–Crippen MR) is 276 cm³/mol. The number of likely N-dealkylation sites (N-methyl/N-ethyl adjacent to an activating group) is 2. The molecule has 0 saturated carbocycles. The van der Waals surface area contributed by atoms with Gasteiger partial charge in [-0.25, -0.2) is 0 Å². The number of para-hydroxylation sites is 1. The van der Waals surface area contributed by atoms with Crippen LogP contribution in [0.3, 0.4) is 0 Å². The Bertz CT molecular complexity index is 2630. The lowest BCUT2D eigenvalue weighted by Crippen LogP contribution is -2.66. The molecule has 0 spiro atoms. The molecule has 3 saturated heterocycles. The minimum atomic E-state index is -1.51. The molecule has 3 aromatic rings. The fourth-order valence-corrected chi connectivity index (χ4v) is 10.3. The molecule has 21 heteroatoms. The third kappa shape index (κ3) is 13.1. The number of epoxide rings is 1. The van der Waals surface area contributed by atoms with Gasteiger partial charge in [0.15, 0.2) is 0 Å². The van der Waals surface area contributed by atoms with Gasteiger partial charge < -0.3 is 55.5 Å². The lowest BCUT2D eigenvalue weighted by molar-refractivity contribution is -0.268. The molecule has 3 aliphatic heterocycles. The van der Waals surface area contributed by atoms with Crippen LogP contribution in [-0.4, -0.2) is 151 Å². The molecule has 3 aliphatic rings. The van der Waals surface area contributed by atoms with Gasteiger partial charge in [0.2, 0.25) is 41.4 Å². The van der Waals surface area contributed by atoms with Gasteiger partial charge in [-0.15, -0.1) is 5.23 Å². The summed E-state index contributed by atoms with van der Waals surface area (Å²) < 4.78 is 7.84. The van der Waals surface area contributed by atoms with E-state index in [1.807, 2.05) is 72.0 Å². The van der Waals surface area contributed by atoms with Gasteiger partial charge in [-0.2, -0.15) is 0 Å². The Morgan fingerprint density at radius 2 is 1.39 bits per heavy atom. The van der Waals surface area contributed by atoms with Crippen LogP contribution >= 0.6 is 0 Å². The molecular formula is C54H76N9O12-. The van der Waals surface area contributed by atoms with E-state index in [0.29, 0.717) is 12.2 Å². The summed E-state index contributed by atoms with van der Waals surface area (Å²) in [6, 6.07) is 1.85. The number of nitrogens with zero attached hydrogens (tertiary/aromatic N) is 5. The van der Waals surface area contributed by atoms with Crippen LogP contribution in [0, 0.1) is 17.8 Å². The third-order valence-corrected chi connectivity index (χ3v) is 14.7. The number of aliphatic hydroxyl groups is 1. The maximum atomic E-state index is 15.4. The van der Waals surface area contributed by atoms with E-state index in [1.165, 1.54) is 32.0 Å². The monoisotopic (exact) mass is 1040 g/mol. The van der Waals surface area contributed by atoms with E-state index in [9.17, 15) is 49.4 Å². The number of amides is 7. The van der Waals surface area contributed by atoms with E-state index in [-0.39, 0.29) is 67.3 Å². The second-order valence-corrected chi connectivity index (χ2v) is 21.8. The Morgan fingerprint density at radius 1 is 0.787 bits per heavy atom. The van der Waals surface area contributed by atoms with E-state index >= 15 is 4.79 Å². The standard InChI is InChI=1S/C54H77N9O12/c1-12-13-17-36-46(65)58-38(26-34-27-61(54(8,9)45-28-75-45)39-18-15-14-16-35(34)39)52(71)59(10)41(21-29(2)3)48(67)57-37(24-33-19-20-44(64)40(25-33)63(73)74)47(66)55-32(7)51(70)60(11)43-23-31(6)50(69)62(53(43)72)42(22-30(4)5)49(68)56-36/h12-16,18-20,25,27,29-32,36-38,41-43,45,50,64,69,73-74H,17,21-24,26,28H2,1-11H3,(H,55,66)(H,56,68)(H,57,67)(H,58,65)/p-1. The summed E-state index contributed by atoms with van der Waals surface area (Å²) in [5, 5.41) is 55.6. The number of carbonyl (C=O) groups is 7. The molecule has 75 heavy (non-hydrogen) atoms. The fourth-order valence-electron chi connectivity index (χ4n) is 10.3. The van der Waals surface area contributed by atoms with Crippen LogP contribution in [0.25, 0.3) is 10.9 Å². The summed E-state index contributed by atoms with van der Waals surface area (Å²) in [4.78, 5) is 107. The van der Waals surface area contributed by atoms with Crippen molar-refractivity contribution >= 4 is 57.9 Å². The highest BCUT2D eigenvalue weighted by molar-refractivity contribution is 5.99. The van der Waals surface area contributed by atoms with Crippen molar-refractivity contribution < 1.29 is 58.9 Å². The number of piperidine rings is 1. The Morgan fingerprint density at radius 3 is 2.01 bits per heavy atom. The summed E-state index contributed by atoms with van der Waals surface area (Å²) in [7, 11) is 2.80. The average Bonchev–Trinajstić information content (AvgIpc) is 4.16. The molecular weight excluding hydrogens is 967 g/mol. The minimum absolute atomic E-state index is 0.00406. The summed E-state index contributed by atoms with van der Waals surface area (Å²) in [5.74, 6) is -7.12. The van der Waals surface area contributed by atoms with Crippen LogP contribution in [0.2, 0.25) is 0 Å². The zero-order valence-corrected chi connectivity index (χ0v) is 44.9. The zero-order chi connectivity index (χ0) is 55.4. The summed E-state index contributed by atoms with van der Waals surface area (Å²) in [5.41, 5.74) is 0.697. The SMILES string of the molecule is CC=CCC1NC(=O)C(CC(C)C)N2C(=O)C(CC(C)C2O)N(C)C(=O)C(C)NC(=O)C(Cc2ccc([O-])c(N(O)O)c2)NC(=O)C(CC(C)C)N(C)C(=O)C(Cc2cn(C(C)(C)C3CO3)c3ccccc23)NC1=O. The number of ether oxygens (including phenoxy) is 1. The number of hydrogen-bond acceptors (Lipinski definition) is 13. The fraction of sp³-hybridized carbons (Fsp3) is 0.574. The highest BCUT2D eigenvalue weighted by Crippen LogP contribution is 2.37. The van der Waals surface area contributed by atoms with Crippen molar-refractivity contribution in [2.45, 2.75) is 161 Å². The van der Waals surface area contributed by atoms with Crippen LogP contribution in [0.1, 0.15) is 99.1 Å². The number of carbonyl (C=O) groups excluding carboxylic acids is 7. The van der Waals surface area contributed by atoms with E-state index < -0.39 is 113 Å². The molecule has 7 amide bonds. The van der Waals surface area contributed by atoms with Gasteiger partial charge in [-0.05, 0) is 88.5 Å². The first-order valence-electron chi connectivity index (χ1n) is 25.8. The van der Waals surface area contributed by atoms with E-state index in [1.54, 1.807) is 26.0 Å². The first kappa shape index (κ1) is 57.7. The van der Waals surface area contributed by atoms with Crippen LogP contribution in [0.5, 0.6) is 5.75 Å². The molecule has 1 aromatic heterocycles. The number of aliphatic hydroxyl groups excluding tert-OH is 1. The molecule has 0 radical (unpaired) electrons. The third-order valence-electron chi connectivity index (χ3n) is 14.7. The van der Waals surface area contributed by atoms with Crippen molar-refractivity contribution in [1.82, 2.24) is 40.5 Å². The smallest absolute Gasteiger partial charge is 0.248 e. The van der Waals surface area contributed by atoms with Crippen molar-refractivity contribution in [2.24, 2.45) is 17.8 Å². The number of fused-ring (bicyclic) bond motifs is 3. The molecule has 6 rings (SSSR count). The van der Waals surface area contributed by atoms with Crippen molar-refractivity contribution in [1.29, 1.82) is 0 Å². The van der Waals surface area contributed by atoms with Crippen LogP contribution in [0.4, 0.5) is 5.69 Å². The first-order valence-corrected chi connectivity index (χ1v) is 25.8. The normalized spacial score (nSPS) is 27.1. The minimum Gasteiger partial charge on any atom is -0.871 e. The van der Waals surface area contributed by atoms with Crippen LogP contribution in [-0.2, 0) is 56.7 Å². The highest BCUT2D eigenvalue weighted by atomic mass is 16.8. The number of anilines is 1. The van der Waals surface area contributed by atoms with Crippen LogP contribution < -0.4 is 31.6 Å². The van der Waals surface area contributed by atoms with Crippen molar-refractivity contribution in [3.63, 3.8) is 0 Å². The number of allylic oxidation sites excluding steroid dienone is 1. The summed E-state index contributed by atoms with van der Waals surface area (Å²) in [6.07, 6.45) is 3.43. The number of hydrogen-bond donors (Lipinski definition) is 7. The van der Waals surface area contributed by atoms with E-state index in [2.05, 4.69) is 25.8 Å². The van der Waals surface area contributed by atoms with Crippen molar-refractivity contribution in [2.75, 3.05) is 25.9 Å². The largest absolute Gasteiger partial charge is 0.871 e. The molecule has 7 N–H and O–H groups in total. The van der Waals surface area contributed by atoms with Gasteiger partial charge in [-0.1, -0.05) is 82.9 Å². The molecule has 410 valence electrons. The van der Waals surface area contributed by atoms with Crippen LogP contribution in [0.15, 0.2) is 60.8 Å². The molecule has 3 fully saturated rings. The Balaban J connectivity index is 1.51. The lowest BCUT2D eigenvalue weighted by Gasteiger charge is -2.46. The Hall–Kier alpha value is -6.55. The number of nitrogens with one attached hydrogen (secondary N) is 4. The summed E-state index contributed by atoms with van der Waals surface area (Å²) in [6.45, 7) is 16.8. The number of benzene rings is 2. The number of aromatic nitrogens is 1. The Labute approximate surface area is 438 Å². The molecule has 10 atom stereocenters. The Kier molecular flexibility index (Phi) is 18.5. The maximum absolute atomic E-state index is 15.4. The maximum Gasteiger partial charge on any atom is 0.248 e. The van der Waals surface area contributed by atoms with Gasteiger partial charge in [0.05, 0.1) is 17.8 Å². The second-order valence-electron chi connectivity index (χ2n) is 21.8. The zero-order valence-electron chi connectivity index (χ0n) is 44.9. The van der Waals surface area contributed by atoms with Crippen molar-refractivity contribution in [3.8, 4) is 5.75 Å². The summed E-state index contributed by atoms with van der Waals surface area (Å²) >= 11 is 0. The van der Waals surface area contributed by atoms with Crippen molar-refractivity contribution in [3.05, 3.63) is 71.9 Å². The molecule has 0 aliphatic carbocycles. The topological polar surface area (TPSA) is 282 Å². The average molecular weight is 1040 g/mol. The van der Waals surface area contributed by atoms with E-state index in [0.717, 1.165) is 32.8 Å². The van der Waals surface area contributed by atoms with E-state index in [4.69, 9.17) is 4.74 Å². The number of rotatable bonds is 13. The molecule has 4 heterocycles. The second kappa shape index (κ2) is 24.0. The highest BCUT2D eigenvalue weighted by Gasteiger charge is 2.48. The molecule has 10 unspecified atom stereocenters. The van der Waals surface area contributed by atoms with Gasteiger partial charge in [0, 0.05) is 50.0 Å². The first-order chi connectivity index (χ1) is 35.3. The molecule has 2 aromatic carbocycles. The van der Waals surface area contributed by atoms with Gasteiger partial charge in [0.25, 0.3) is 0 Å². The predicted octanol–water partition coefficient (Wildman–Crippen LogP) is 2.46. The van der Waals surface area contributed by atoms with Gasteiger partial charge in [0.1, 0.15) is 54.6 Å². The molecule has 2 bridgehead atoms. The van der Waals surface area contributed by atoms with Gasteiger partial charge >= 0.3 is 0 Å². The lowest BCUT2D eigenvalue weighted by atomic mass is 9.89. The van der Waals surface area contributed by atoms with Gasteiger partial charge in [-0.3, -0.25) is 44.0 Å². The molecule has 21 nitrogen and oxygen atoms in total.